The first-order chi connectivity index (χ1) is 15.2. The van der Waals surface area contributed by atoms with Crippen LogP contribution in [0.5, 0.6) is 0 Å². The zero-order valence-corrected chi connectivity index (χ0v) is 20.0. The van der Waals surface area contributed by atoms with Crippen LogP contribution in [0.3, 0.4) is 0 Å². The Balaban J connectivity index is 1.93. The highest BCUT2D eigenvalue weighted by Gasteiger charge is 2.25. The second-order valence-corrected chi connectivity index (χ2v) is 8.74. The van der Waals surface area contributed by atoms with E-state index in [1.807, 2.05) is 102 Å². The Bertz CT molecular complexity index is 1020. The monoisotopic (exact) mass is 424 g/mol. The van der Waals surface area contributed by atoms with Gasteiger partial charge < -0.3 is 0 Å². The van der Waals surface area contributed by atoms with E-state index in [1.54, 1.807) is 0 Å². The Labute approximate surface area is 192 Å². The smallest absolute Gasteiger partial charge is 0.164 e. The van der Waals surface area contributed by atoms with Crippen molar-refractivity contribution in [3.63, 3.8) is 0 Å². The molecule has 0 aromatic heterocycles. The average molecular weight is 425 g/mol. The molecule has 0 saturated carbocycles. The summed E-state index contributed by atoms with van der Waals surface area (Å²) < 4.78 is 0. The number of Topliss-reactive ketones (excluding diaryl/α,β-unsaturated/α-hetero) is 2. The van der Waals surface area contributed by atoms with Gasteiger partial charge in [0.05, 0.1) is 0 Å². The molecule has 3 aromatic carbocycles. The first-order valence-electron chi connectivity index (χ1n) is 11.1. The largest absolute Gasteiger partial charge is 0.294 e. The molecule has 2 nitrogen and oxygen atoms in total. The van der Waals surface area contributed by atoms with Crippen molar-refractivity contribution >= 4 is 11.6 Å². The third-order valence-corrected chi connectivity index (χ3v) is 6.57. The maximum atomic E-state index is 13.4. The summed E-state index contributed by atoms with van der Waals surface area (Å²) in [5, 5.41) is 0. The van der Waals surface area contributed by atoms with Crippen molar-refractivity contribution in [3.8, 4) is 0 Å². The molecule has 0 bridgehead atoms. The Kier molecular flexibility index (Phi) is 7.45. The van der Waals surface area contributed by atoms with E-state index in [0.717, 1.165) is 45.2 Å². The maximum absolute atomic E-state index is 13.4. The summed E-state index contributed by atoms with van der Waals surface area (Å²) in [5.41, 5.74) is 7.33. The van der Waals surface area contributed by atoms with Crippen molar-refractivity contribution in [2.45, 2.75) is 54.4 Å². The third kappa shape index (κ3) is 4.91. The van der Waals surface area contributed by atoms with Gasteiger partial charge in [0.25, 0.3) is 0 Å². The minimum absolute atomic E-state index is 0.0715. The Morgan fingerprint density at radius 2 is 0.875 bits per heavy atom. The first kappa shape index (κ1) is 23.7. The van der Waals surface area contributed by atoms with E-state index >= 15 is 0 Å². The van der Waals surface area contributed by atoms with Gasteiger partial charge >= 0.3 is 0 Å². The lowest BCUT2D eigenvalue weighted by Gasteiger charge is -2.21. The summed E-state index contributed by atoms with van der Waals surface area (Å²) >= 11 is 0. The van der Waals surface area contributed by atoms with E-state index < -0.39 is 0 Å². The van der Waals surface area contributed by atoms with Crippen molar-refractivity contribution in [1.29, 1.82) is 0 Å². The first-order valence-corrected chi connectivity index (χ1v) is 11.1. The Morgan fingerprint density at radius 1 is 0.531 bits per heavy atom. The highest BCUT2D eigenvalue weighted by molar-refractivity contribution is 6.07. The predicted molar refractivity (Wildman–Crippen MR) is 132 cm³/mol. The van der Waals surface area contributed by atoms with Crippen molar-refractivity contribution in [3.05, 3.63) is 117 Å². The molecular formula is C30H32O2. The molecule has 0 spiro atoms. The van der Waals surface area contributed by atoms with E-state index in [2.05, 4.69) is 0 Å². The molecule has 0 unspecified atom stereocenters. The van der Waals surface area contributed by atoms with Gasteiger partial charge in [-0.05, 0) is 61.1 Å². The average Bonchev–Trinajstić information content (AvgIpc) is 2.78. The molecule has 0 heterocycles. The van der Waals surface area contributed by atoms with Gasteiger partial charge in [-0.1, -0.05) is 74.5 Å². The number of hydrogen-bond acceptors (Lipinski definition) is 2. The van der Waals surface area contributed by atoms with Gasteiger partial charge in [-0.2, -0.15) is 0 Å². The van der Waals surface area contributed by atoms with Crippen LogP contribution in [0, 0.1) is 39.5 Å². The summed E-state index contributed by atoms with van der Waals surface area (Å²) in [6.07, 6.45) is 0.688. The second kappa shape index (κ2) is 10.1. The van der Waals surface area contributed by atoms with E-state index in [4.69, 9.17) is 0 Å². The Morgan fingerprint density at radius 3 is 1.22 bits per heavy atom. The summed E-state index contributed by atoms with van der Waals surface area (Å²) in [4.78, 5) is 26.8. The molecule has 0 amide bonds. The van der Waals surface area contributed by atoms with Gasteiger partial charge in [0, 0.05) is 35.8 Å². The van der Waals surface area contributed by atoms with Crippen molar-refractivity contribution in [2.75, 3.05) is 0 Å². The number of carbonyl (C=O) groups is 2. The van der Waals surface area contributed by atoms with Crippen LogP contribution in [0.25, 0.3) is 0 Å². The number of rotatable bonds is 8. The van der Waals surface area contributed by atoms with Crippen LogP contribution in [-0.4, -0.2) is 11.6 Å². The molecular weight excluding hydrogens is 392 g/mol. The fourth-order valence-electron chi connectivity index (χ4n) is 4.49. The molecule has 3 rings (SSSR count). The van der Waals surface area contributed by atoms with Crippen LogP contribution < -0.4 is 0 Å². The van der Waals surface area contributed by atoms with Crippen LogP contribution in [0.2, 0.25) is 0 Å². The zero-order valence-electron chi connectivity index (χ0n) is 20.0. The Hall–Kier alpha value is -3.00. The van der Waals surface area contributed by atoms with Gasteiger partial charge in [-0.25, -0.2) is 0 Å². The van der Waals surface area contributed by atoms with Crippen molar-refractivity contribution < 1.29 is 9.59 Å². The number of carbonyl (C=O) groups excluding carboxylic acids is 2. The van der Waals surface area contributed by atoms with E-state index in [0.29, 0.717) is 24.0 Å². The lowest BCUT2D eigenvalue weighted by atomic mass is 9.81. The molecule has 0 atom stereocenters. The van der Waals surface area contributed by atoms with Gasteiger partial charge in [0.2, 0.25) is 0 Å². The molecule has 2 radical (unpaired) electrons. The number of benzene rings is 3. The van der Waals surface area contributed by atoms with Crippen molar-refractivity contribution in [2.24, 2.45) is 0 Å². The fraction of sp³-hybridized carbons (Fsp3) is 0.267. The topological polar surface area (TPSA) is 34.1 Å². The lowest BCUT2D eigenvalue weighted by molar-refractivity contribution is 0.0986. The molecule has 0 aliphatic rings. The van der Waals surface area contributed by atoms with E-state index in [-0.39, 0.29) is 11.6 Å². The highest BCUT2D eigenvalue weighted by atomic mass is 16.1. The van der Waals surface area contributed by atoms with E-state index in [9.17, 15) is 9.59 Å². The normalized spacial score (nSPS) is 11.2. The summed E-state index contributed by atoms with van der Waals surface area (Å²) in [7, 11) is 0. The van der Waals surface area contributed by atoms with Gasteiger partial charge in [-0.3, -0.25) is 9.59 Å². The standard InChI is InChI=1S/C30H32O2/c1-19(25-13-9-7-10-14-25)17-27(31)29-22(4)21(3)23(5)30(24(29)6)28(32)18-20(2)26-15-11-8-12-16-26/h7-16H,17-18H2,1-6H3. The van der Waals surface area contributed by atoms with Crippen molar-refractivity contribution in [1.82, 2.24) is 0 Å². The zero-order chi connectivity index (χ0) is 23.4. The molecule has 3 aromatic rings. The number of hydrogen-bond donors (Lipinski definition) is 0. The molecule has 0 fully saturated rings. The SMILES string of the molecule is C[C](CC(=O)c1c(C)c(C)c(C)c(C(=O)C[C](C)c2ccccc2)c1C)c1ccccc1. The minimum Gasteiger partial charge on any atom is -0.294 e. The lowest BCUT2D eigenvalue weighted by Crippen LogP contribution is -2.17. The molecule has 0 aliphatic heterocycles. The fourth-order valence-corrected chi connectivity index (χ4v) is 4.49. The molecule has 0 N–H and O–H groups in total. The third-order valence-electron chi connectivity index (χ3n) is 6.57. The van der Waals surface area contributed by atoms with Crippen LogP contribution in [-0.2, 0) is 0 Å². The molecule has 164 valence electrons. The predicted octanol–water partition coefficient (Wildman–Crippen LogP) is 7.35. The van der Waals surface area contributed by atoms with Gasteiger partial charge in [0.1, 0.15) is 0 Å². The van der Waals surface area contributed by atoms with Crippen LogP contribution in [0.4, 0.5) is 0 Å². The summed E-state index contributed by atoms with van der Waals surface area (Å²) in [5.74, 6) is 2.21. The minimum atomic E-state index is 0.0715. The molecule has 0 saturated heterocycles. The molecule has 2 heteroatoms. The maximum Gasteiger partial charge on any atom is 0.164 e. The highest BCUT2D eigenvalue weighted by Crippen LogP contribution is 2.32. The van der Waals surface area contributed by atoms with Crippen LogP contribution in [0.15, 0.2) is 60.7 Å². The van der Waals surface area contributed by atoms with Crippen LogP contribution >= 0.6 is 0 Å². The van der Waals surface area contributed by atoms with Crippen LogP contribution in [0.1, 0.15) is 80.8 Å². The molecule has 32 heavy (non-hydrogen) atoms. The summed E-state index contributed by atoms with van der Waals surface area (Å²) in [6, 6.07) is 20.0. The summed E-state index contributed by atoms with van der Waals surface area (Å²) in [6.45, 7) is 11.9. The second-order valence-electron chi connectivity index (χ2n) is 8.74. The number of ketones is 2. The van der Waals surface area contributed by atoms with Gasteiger partial charge in [0.15, 0.2) is 11.6 Å². The quantitative estimate of drug-likeness (QED) is 0.354. The molecule has 0 aliphatic carbocycles. The van der Waals surface area contributed by atoms with Gasteiger partial charge in [-0.15, -0.1) is 0 Å². The van der Waals surface area contributed by atoms with E-state index in [1.165, 1.54) is 0 Å².